The zero-order valence-corrected chi connectivity index (χ0v) is 17.5. The molecule has 3 aromatic rings. The van der Waals surface area contributed by atoms with E-state index in [0.29, 0.717) is 24.3 Å². The number of likely N-dealkylation sites (tertiary alicyclic amines) is 1. The van der Waals surface area contributed by atoms with E-state index in [1.54, 1.807) is 29.3 Å². The molecule has 1 saturated carbocycles. The van der Waals surface area contributed by atoms with E-state index in [0.717, 1.165) is 16.7 Å². The van der Waals surface area contributed by atoms with Crippen LogP contribution in [0.4, 0.5) is 4.39 Å². The van der Waals surface area contributed by atoms with Gasteiger partial charge in [-0.05, 0) is 42.5 Å². The van der Waals surface area contributed by atoms with E-state index in [-0.39, 0.29) is 42.6 Å². The number of amides is 1. The van der Waals surface area contributed by atoms with E-state index in [1.165, 1.54) is 4.40 Å². The Balaban J connectivity index is 1.54. The van der Waals surface area contributed by atoms with Crippen molar-refractivity contribution in [3.8, 4) is 11.6 Å². The number of allylic oxidation sites excluding steroid dienone is 3. The second-order valence-electron chi connectivity index (χ2n) is 7.94. The molecule has 5 rings (SSSR count). The Morgan fingerprint density at radius 3 is 2.97 bits per heavy atom. The van der Waals surface area contributed by atoms with E-state index < -0.39 is 5.95 Å². The fourth-order valence-corrected chi connectivity index (χ4v) is 4.75. The highest BCUT2D eigenvalue weighted by molar-refractivity contribution is 5.84. The van der Waals surface area contributed by atoms with Crippen LogP contribution in [0.25, 0.3) is 22.8 Å². The molecular weight excluding hydrogens is 413 g/mol. The van der Waals surface area contributed by atoms with Crippen molar-refractivity contribution in [2.45, 2.75) is 25.8 Å². The summed E-state index contributed by atoms with van der Waals surface area (Å²) in [5.74, 6) is -0.144. The highest BCUT2D eigenvalue weighted by atomic mass is 19.1. The standard InChI is InChI=1S/C23H22FN5O3/c1-3-6-15(16-11-14-12-18(31)29(9-10-30)20(14)13(16)2)22-26-23(32-27-22)19-21(24)28-8-5-4-7-17(28)25-19/h3-8,14,20,30H,2,9-12H2,1H3/b6-3-,16-15+/t14-,20-/m0/s1. The minimum atomic E-state index is -0.575. The molecule has 1 amide bonds. The third-order valence-corrected chi connectivity index (χ3v) is 6.09. The first-order valence-corrected chi connectivity index (χ1v) is 10.5. The molecule has 32 heavy (non-hydrogen) atoms. The molecule has 3 aromatic heterocycles. The fourth-order valence-electron chi connectivity index (χ4n) is 4.75. The van der Waals surface area contributed by atoms with Crippen LogP contribution in [0.1, 0.15) is 25.6 Å². The van der Waals surface area contributed by atoms with Crippen molar-refractivity contribution >= 4 is 17.1 Å². The SMILES string of the molecule is C=C1/C(=C(\C=C/C)c2noc(-c3nc4ccccn4c3F)n2)C[C@H]2CC(=O)N(CCO)[C@@H]12. The number of aliphatic hydroxyl groups is 1. The lowest BCUT2D eigenvalue weighted by molar-refractivity contribution is -0.129. The average Bonchev–Trinajstić information content (AvgIpc) is 3.53. The predicted octanol–water partition coefficient (Wildman–Crippen LogP) is 3.02. The lowest BCUT2D eigenvalue weighted by atomic mass is 10.0. The summed E-state index contributed by atoms with van der Waals surface area (Å²) >= 11 is 0. The molecule has 1 aliphatic heterocycles. The van der Waals surface area contributed by atoms with Crippen molar-refractivity contribution in [2.24, 2.45) is 5.92 Å². The molecule has 2 fully saturated rings. The van der Waals surface area contributed by atoms with E-state index in [9.17, 15) is 14.3 Å². The maximum atomic E-state index is 14.8. The molecule has 0 unspecified atom stereocenters. The van der Waals surface area contributed by atoms with Gasteiger partial charge in [0, 0.05) is 24.7 Å². The minimum absolute atomic E-state index is 0.00955. The quantitative estimate of drug-likeness (QED) is 0.662. The number of carbonyl (C=O) groups is 1. The van der Waals surface area contributed by atoms with Gasteiger partial charge in [0.05, 0.1) is 12.6 Å². The van der Waals surface area contributed by atoms with E-state index in [2.05, 4.69) is 21.7 Å². The Bertz CT molecular complexity index is 1290. The third kappa shape index (κ3) is 3.08. The summed E-state index contributed by atoms with van der Waals surface area (Å²) in [6.07, 6.45) is 6.37. The summed E-state index contributed by atoms with van der Waals surface area (Å²) in [6, 6.07) is 5.03. The number of fused-ring (bicyclic) bond motifs is 2. The average molecular weight is 435 g/mol. The van der Waals surface area contributed by atoms with Gasteiger partial charge in [0.2, 0.25) is 17.7 Å². The number of halogens is 1. The zero-order chi connectivity index (χ0) is 22.4. The zero-order valence-electron chi connectivity index (χ0n) is 17.5. The Kier molecular flexibility index (Phi) is 4.97. The highest BCUT2D eigenvalue weighted by Gasteiger charge is 2.47. The van der Waals surface area contributed by atoms with Crippen molar-refractivity contribution < 1.29 is 18.8 Å². The summed E-state index contributed by atoms with van der Waals surface area (Å²) < 4.78 is 21.5. The van der Waals surface area contributed by atoms with Crippen molar-refractivity contribution in [3.05, 3.63) is 66.0 Å². The Morgan fingerprint density at radius 1 is 1.38 bits per heavy atom. The molecule has 1 N–H and O–H groups in total. The number of rotatable bonds is 5. The van der Waals surface area contributed by atoms with Gasteiger partial charge in [0.15, 0.2) is 5.69 Å². The number of hydrogen-bond donors (Lipinski definition) is 1. The molecule has 4 heterocycles. The molecule has 1 aliphatic carbocycles. The number of aliphatic hydroxyl groups excluding tert-OH is 1. The van der Waals surface area contributed by atoms with Gasteiger partial charge in [0.25, 0.3) is 5.89 Å². The largest absolute Gasteiger partial charge is 0.395 e. The second kappa shape index (κ2) is 7.83. The third-order valence-electron chi connectivity index (χ3n) is 6.09. The lowest BCUT2D eigenvalue weighted by Gasteiger charge is -2.24. The maximum absolute atomic E-state index is 14.8. The van der Waals surface area contributed by atoms with E-state index >= 15 is 0 Å². The van der Waals surface area contributed by atoms with Gasteiger partial charge in [-0.3, -0.25) is 9.20 Å². The first kappa shape index (κ1) is 20.3. The number of aromatic nitrogens is 4. The summed E-state index contributed by atoms with van der Waals surface area (Å²) in [5.41, 5.74) is 2.91. The van der Waals surface area contributed by atoms with Crippen LogP contribution in [-0.4, -0.2) is 54.6 Å². The number of imidazole rings is 1. The first-order valence-electron chi connectivity index (χ1n) is 10.5. The summed E-state index contributed by atoms with van der Waals surface area (Å²) in [7, 11) is 0. The topological polar surface area (TPSA) is 96.8 Å². The molecule has 0 radical (unpaired) electrons. The summed E-state index contributed by atoms with van der Waals surface area (Å²) in [4.78, 5) is 22.7. The van der Waals surface area contributed by atoms with Gasteiger partial charge in [-0.25, -0.2) is 4.98 Å². The van der Waals surface area contributed by atoms with Crippen LogP contribution in [0.3, 0.4) is 0 Å². The molecule has 2 atom stereocenters. The van der Waals surface area contributed by atoms with Gasteiger partial charge in [-0.1, -0.05) is 30.0 Å². The van der Waals surface area contributed by atoms with Crippen LogP contribution in [0.5, 0.6) is 0 Å². The summed E-state index contributed by atoms with van der Waals surface area (Å²) in [5, 5.41) is 13.4. The highest BCUT2D eigenvalue weighted by Crippen LogP contribution is 2.47. The van der Waals surface area contributed by atoms with Crippen LogP contribution in [0.2, 0.25) is 0 Å². The molecule has 2 aliphatic rings. The van der Waals surface area contributed by atoms with Crippen LogP contribution in [-0.2, 0) is 4.79 Å². The molecule has 1 saturated heterocycles. The van der Waals surface area contributed by atoms with Crippen molar-refractivity contribution in [1.29, 1.82) is 0 Å². The molecule has 9 heteroatoms. The second-order valence-corrected chi connectivity index (χ2v) is 7.94. The van der Waals surface area contributed by atoms with Gasteiger partial charge in [-0.15, -0.1) is 0 Å². The Hall–Kier alpha value is -3.59. The van der Waals surface area contributed by atoms with Crippen molar-refractivity contribution in [1.82, 2.24) is 24.4 Å². The number of pyridine rings is 1. The van der Waals surface area contributed by atoms with Gasteiger partial charge >= 0.3 is 0 Å². The summed E-state index contributed by atoms with van der Waals surface area (Å²) in [6.45, 7) is 6.32. The number of β-amino-alcohol motifs (C(OH)–C–C–N with tert-alkyl or cyclic N) is 1. The van der Waals surface area contributed by atoms with Gasteiger partial charge in [-0.2, -0.15) is 9.37 Å². The Labute approximate surface area is 183 Å². The van der Waals surface area contributed by atoms with Crippen LogP contribution in [0, 0.1) is 11.9 Å². The smallest absolute Gasteiger partial charge is 0.281 e. The first-order chi connectivity index (χ1) is 15.5. The molecule has 0 spiro atoms. The molecule has 8 nitrogen and oxygen atoms in total. The number of hydrogen-bond acceptors (Lipinski definition) is 6. The number of nitrogens with zero attached hydrogens (tertiary/aromatic N) is 5. The van der Waals surface area contributed by atoms with E-state index in [1.807, 2.05) is 19.1 Å². The van der Waals surface area contributed by atoms with Gasteiger partial charge < -0.3 is 14.5 Å². The Morgan fingerprint density at radius 2 is 2.22 bits per heavy atom. The molecule has 0 aromatic carbocycles. The van der Waals surface area contributed by atoms with Crippen molar-refractivity contribution in [2.75, 3.05) is 13.2 Å². The van der Waals surface area contributed by atoms with Gasteiger partial charge in [0.1, 0.15) is 5.65 Å². The molecule has 0 bridgehead atoms. The van der Waals surface area contributed by atoms with E-state index in [4.69, 9.17) is 4.52 Å². The number of carbonyl (C=O) groups excluding carboxylic acids is 1. The molecule has 164 valence electrons. The fraction of sp³-hybridized carbons (Fsp3) is 0.304. The molecular formula is C23H22FN5O3. The normalized spacial score (nSPS) is 22.5. The monoisotopic (exact) mass is 435 g/mol. The van der Waals surface area contributed by atoms with Crippen LogP contribution in [0.15, 0.2) is 58.8 Å². The van der Waals surface area contributed by atoms with Crippen molar-refractivity contribution in [3.63, 3.8) is 0 Å². The maximum Gasteiger partial charge on any atom is 0.281 e. The van der Waals surface area contributed by atoms with Crippen LogP contribution < -0.4 is 0 Å². The lowest BCUT2D eigenvalue weighted by Crippen LogP contribution is -2.36. The minimum Gasteiger partial charge on any atom is -0.395 e. The predicted molar refractivity (Wildman–Crippen MR) is 115 cm³/mol. The van der Waals surface area contributed by atoms with Crippen LogP contribution >= 0.6 is 0 Å².